The summed E-state index contributed by atoms with van der Waals surface area (Å²) < 4.78 is 16.3. The fourth-order valence-electron chi connectivity index (χ4n) is 2.35. The van der Waals surface area contributed by atoms with Gasteiger partial charge in [-0.2, -0.15) is 0 Å². The van der Waals surface area contributed by atoms with E-state index in [1.54, 1.807) is 6.92 Å². The number of esters is 1. The molecule has 0 heterocycles. The molecule has 1 unspecified atom stereocenters. The number of carbonyl (C=O) groups excluding carboxylic acids is 1. The van der Waals surface area contributed by atoms with Crippen LogP contribution in [-0.4, -0.2) is 38.4 Å². The van der Waals surface area contributed by atoms with Gasteiger partial charge in [0.25, 0.3) is 0 Å². The Morgan fingerprint density at radius 2 is 1.76 bits per heavy atom. The van der Waals surface area contributed by atoms with Crippen LogP contribution in [0, 0.1) is 6.92 Å². The number of benzene rings is 2. The molecule has 0 aromatic heterocycles. The summed E-state index contributed by atoms with van der Waals surface area (Å²) in [5, 5.41) is 3.18. The molecule has 0 saturated carbocycles. The molecule has 0 fully saturated rings. The number of hydrogen-bond donors (Lipinski definition) is 1. The van der Waals surface area contributed by atoms with Crippen LogP contribution in [0.4, 0.5) is 0 Å². The summed E-state index contributed by atoms with van der Waals surface area (Å²) in [6, 6.07) is 17.2. The minimum atomic E-state index is -0.958. The molecule has 0 radical (unpaired) electrons. The van der Waals surface area contributed by atoms with Gasteiger partial charge in [-0.3, -0.25) is 5.32 Å². The number of nitrogens with one attached hydrogen (secondary N) is 1. The van der Waals surface area contributed by atoms with Gasteiger partial charge in [0.15, 0.2) is 0 Å². The average molecular weight is 343 g/mol. The molecule has 0 amide bonds. The summed E-state index contributed by atoms with van der Waals surface area (Å²) in [5.74, 6) is 1.14. The third-order valence-electron chi connectivity index (χ3n) is 3.78. The molecule has 0 aliphatic rings. The number of aryl methyl sites for hydroxylation is 1. The molecular weight excluding hydrogens is 318 g/mol. The standard InChI is InChI=1S/C20H25NO4/c1-16-8-7-11-18(14-16)24-13-12-21-20(2,19(22)23-3)15-25-17-9-5-4-6-10-17/h4-11,14,21H,12-13,15H2,1-3H3. The lowest BCUT2D eigenvalue weighted by atomic mass is 10.0. The van der Waals surface area contributed by atoms with Gasteiger partial charge in [0.2, 0.25) is 0 Å². The van der Waals surface area contributed by atoms with Crippen LogP contribution in [0.3, 0.4) is 0 Å². The van der Waals surface area contributed by atoms with Gasteiger partial charge in [0.1, 0.15) is 30.3 Å². The van der Waals surface area contributed by atoms with E-state index < -0.39 is 5.54 Å². The van der Waals surface area contributed by atoms with Gasteiger partial charge < -0.3 is 14.2 Å². The Bertz CT molecular complexity index is 674. The van der Waals surface area contributed by atoms with Gasteiger partial charge in [0, 0.05) is 6.54 Å². The van der Waals surface area contributed by atoms with E-state index in [-0.39, 0.29) is 12.6 Å². The zero-order valence-corrected chi connectivity index (χ0v) is 15.0. The Morgan fingerprint density at radius 3 is 2.44 bits per heavy atom. The quantitative estimate of drug-likeness (QED) is 0.560. The van der Waals surface area contributed by atoms with Gasteiger partial charge in [-0.05, 0) is 43.7 Å². The summed E-state index contributed by atoms with van der Waals surface area (Å²) in [7, 11) is 1.37. The predicted octanol–water partition coefficient (Wildman–Crippen LogP) is 2.97. The normalized spacial score (nSPS) is 12.9. The molecule has 1 N–H and O–H groups in total. The fraction of sp³-hybridized carbons (Fsp3) is 0.350. The largest absolute Gasteiger partial charge is 0.492 e. The zero-order chi connectivity index (χ0) is 18.1. The third-order valence-corrected chi connectivity index (χ3v) is 3.78. The van der Waals surface area contributed by atoms with Crippen LogP contribution in [0.1, 0.15) is 12.5 Å². The van der Waals surface area contributed by atoms with Crippen LogP contribution in [0.25, 0.3) is 0 Å². The monoisotopic (exact) mass is 343 g/mol. The van der Waals surface area contributed by atoms with Crippen LogP contribution < -0.4 is 14.8 Å². The van der Waals surface area contributed by atoms with E-state index in [0.717, 1.165) is 11.3 Å². The molecule has 2 aromatic carbocycles. The van der Waals surface area contributed by atoms with E-state index in [2.05, 4.69) is 5.32 Å². The molecule has 134 valence electrons. The first-order valence-electron chi connectivity index (χ1n) is 8.24. The van der Waals surface area contributed by atoms with E-state index in [1.807, 2.05) is 61.5 Å². The number of hydrogen-bond acceptors (Lipinski definition) is 5. The molecule has 0 aliphatic carbocycles. The topological polar surface area (TPSA) is 56.8 Å². The van der Waals surface area contributed by atoms with Crippen molar-refractivity contribution in [3.8, 4) is 11.5 Å². The summed E-state index contributed by atoms with van der Waals surface area (Å²) in [5.41, 5.74) is 0.182. The maximum absolute atomic E-state index is 12.2. The van der Waals surface area contributed by atoms with E-state index in [9.17, 15) is 4.79 Å². The van der Waals surface area contributed by atoms with Crippen LogP contribution in [-0.2, 0) is 9.53 Å². The van der Waals surface area contributed by atoms with Crippen LogP contribution in [0.5, 0.6) is 11.5 Å². The maximum atomic E-state index is 12.2. The summed E-state index contributed by atoms with van der Waals surface area (Å²) in [4.78, 5) is 12.2. The molecule has 0 bridgehead atoms. The molecule has 0 spiro atoms. The molecule has 2 aromatic rings. The van der Waals surface area contributed by atoms with Gasteiger partial charge in [-0.15, -0.1) is 0 Å². The minimum absolute atomic E-state index is 0.161. The number of para-hydroxylation sites is 1. The van der Waals surface area contributed by atoms with Crippen LogP contribution in [0.15, 0.2) is 54.6 Å². The first kappa shape index (κ1) is 18.8. The van der Waals surface area contributed by atoms with E-state index >= 15 is 0 Å². The van der Waals surface area contributed by atoms with Crippen molar-refractivity contribution in [1.82, 2.24) is 5.32 Å². The highest BCUT2D eigenvalue weighted by molar-refractivity contribution is 5.80. The first-order valence-corrected chi connectivity index (χ1v) is 8.24. The van der Waals surface area contributed by atoms with Crippen molar-refractivity contribution >= 4 is 5.97 Å². The summed E-state index contributed by atoms with van der Waals surface area (Å²) in [6.07, 6.45) is 0. The third kappa shape index (κ3) is 5.80. The highest BCUT2D eigenvalue weighted by atomic mass is 16.5. The second kappa shape index (κ2) is 9.08. The predicted molar refractivity (Wildman–Crippen MR) is 97.0 cm³/mol. The smallest absolute Gasteiger partial charge is 0.329 e. The maximum Gasteiger partial charge on any atom is 0.329 e. The molecule has 1 atom stereocenters. The highest BCUT2D eigenvalue weighted by Gasteiger charge is 2.35. The molecular formula is C20H25NO4. The second-order valence-electron chi connectivity index (χ2n) is 6.02. The number of carbonyl (C=O) groups is 1. The lowest BCUT2D eigenvalue weighted by molar-refractivity contribution is -0.149. The summed E-state index contributed by atoms with van der Waals surface area (Å²) >= 11 is 0. The van der Waals surface area contributed by atoms with Crippen molar-refractivity contribution in [2.75, 3.05) is 26.9 Å². The van der Waals surface area contributed by atoms with Gasteiger partial charge >= 0.3 is 5.97 Å². The number of methoxy groups -OCH3 is 1. The van der Waals surface area contributed by atoms with E-state index in [0.29, 0.717) is 18.9 Å². The van der Waals surface area contributed by atoms with Crippen molar-refractivity contribution in [3.63, 3.8) is 0 Å². The Morgan fingerprint density at radius 1 is 1.04 bits per heavy atom. The van der Waals surface area contributed by atoms with E-state index in [1.165, 1.54) is 7.11 Å². The highest BCUT2D eigenvalue weighted by Crippen LogP contribution is 2.14. The second-order valence-corrected chi connectivity index (χ2v) is 6.02. The fourth-order valence-corrected chi connectivity index (χ4v) is 2.35. The number of ether oxygens (including phenoxy) is 3. The molecule has 0 aliphatic heterocycles. The SMILES string of the molecule is COC(=O)C(C)(COc1ccccc1)NCCOc1cccc(C)c1. The Hall–Kier alpha value is -2.53. The van der Waals surface area contributed by atoms with Crippen molar-refractivity contribution in [2.45, 2.75) is 19.4 Å². The van der Waals surface area contributed by atoms with Crippen molar-refractivity contribution < 1.29 is 19.0 Å². The van der Waals surface area contributed by atoms with Crippen LogP contribution >= 0.6 is 0 Å². The lowest BCUT2D eigenvalue weighted by Crippen LogP contribution is -2.55. The van der Waals surface area contributed by atoms with Gasteiger partial charge in [0.05, 0.1) is 7.11 Å². The van der Waals surface area contributed by atoms with Crippen molar-refractivity contribution in [2.24, 2.45) is 0 Å². The number of rotatable bonds is 9. The van der Waals surface area contributed by atoms with Crippen molar-refractivity contribution in [1.29, 1.82) is 0 Å². The lowest BCUT2D eigenvalue weighted by Gasteiger charge is -2.28. The Labute approximate surface area is 148 Å². The minimum Gasteiger partial charge on any atom is -0.492 e. The molecule has 2 rings (SSSR count). The molecule has 5 heteroatoms. The molecule has 25 heavy (non-hydrogen) atoms. The van der Waals surface area contributed by atoms with Gasteiger partial charge in [-0.1, -0.05) is 30.3 Å². The molecule has 0 saturated heterocycles. The van der Waals surface area contributed by atoms with Gasteiger partial charge in [-0.25, -0.2) is 4.79 Å². The molecule has 5 nitrogen and oxygen atoms in total. The average Bonchev–Trinajstić information content (AvgIpc) is 2.64. The Balaban J connectivity index is 1.87. The van der Waals surface area contributed by atoms with Crippen LogP contribution in [0.2, 0.25) is 0 Å². The van der Waals surface area contributed by atoms with E-state index in [4.69, 9.17) is 14.2 Å². The zero-order valence-electron chi connectivity index (χ0n) is 15.0. The first-order chi connectivity index (χ1) is 12.0. The summed E-state index contributed by atoms with van der Waals surface area (Å²) in [6.45, 7) is 4.85. The Kier molecular flexibility index (Phi) is 6.83. The van der Waals surface area contributed by atoms with Crippen molar-refractivity contribution in [3.05, 3.63) is 60.2 Å².